The molecule has 2 rings (SSSR count). The number of benzene rings is 1. The van der Waals surface area contributed by atoms with Crippen LogP contribution in [-0.4, -0.2) is 66.3 Å². The molecule has 0 saturated carbocycles. The van der Waals surface area contributed by atoms with Crippen molar-refractivity contribution in [3.05, 3.63) is 24.3 Å². The summed E-state index contributed by atoms with van der Waals surface area (Å²) in [5, 5.41) is 6.61. The van der Waals surface area contributed by atoms with Crippen molar-refractivity contribution < 1.29 is 18.9 Å². The first-order valence-electron chi connectivity index (χ1n) is 10.2. The van der Waals surface area contributed by atoms with Gasteiger partial charge in [0.15, 0.2) is 5.96 Å². The fourth-order valence-electron chi connectivity index (χ4n) is 2.92. The van der Waals surface area contributed by atoms with Gasteiger partial charge in [-0.1, -0.05) is 6.07 Å². The Hall–Kier alpha value is -1.83. The van der Waals surface area contributed by atoms with Gasteiger partial charge in [-0.15, -0.1) is 0 Å². The van der Waals surface area contributed by atoms with E-state index in [0.717, 1.165) is 76.1 Å². The minimum Gasteiger partial charge on any atom is -0.493 e. The lowest BCUT2D eigenvalue weighted by Gasteiger charge is -2.21. The first-order valence-corrected chi connectivity index (χ1v) is 10.2. The molecule has 2 N–H and O–H groups in total. The highest BCUT2D eigenvalue weighted by molar-refractivity contribution is 5.93. The van der Waals surface area contributed by atoms with Crippen LogP contribution in [-0.2, 0) is 14.2 Å². The number of aliphatic imine (C=N–C) groups is 1. The van der Waals surface area contributed by atoms with E-state index < -0.39 is 0 Å². The first-order chi connectivity index (χ1) is 13.8. The SMILES string of the molecule is CN=C(NCCCOCC1CCOCC1)Nc1cccc(OCCCOC)c1. The predicted octanol–water partition coefficient (Wildman–Crippen LogP) is 2.92. The highest BCUT2D eigenvalue weighted by Gasteiger charge is 2.13. The predicted molar refractivity (Wildman–Crippen MR) is 112 cm³/mol. The highest BCUT2D eigenvalue weighted by atomic mass is 16.5. The van der Waals surface area contributed by atoms with Gasteiger partial charge in [-0.05, 0) is 37.3 Å². The Morgan fingerprint density at radius 1 is 1.18 bits per heavy atom. The molecule has 1 heterocycles. The maximum Gasteiger partial charge on any atom is 0.195 e. The molecule has 158 valence electrons. The maximum absolute atomic E-state index is 5.80. The molecule has 28 heavy (non-hydrogen) atoms. The zero-order chi connectivity index (χ0) is 19.9. The average Bonchev–Trinajstić information content (AvgIpc) is 2.74. The second kappa shape index (κ2) is 14.2. The number of rotatable bonds is 12. The Labute approximate surface area is 168 Å². The summed E-state index contributed by atoms with van der Waals surface area (Å²) in [6, 6.07) is 7.87. The lowest BCUT2D eigenvalue weighted by molar-refractivity contribution is 0.0203. The van der Waals surface area contributed by atoms with Crippen LogP contribution < -0.4 is 15.4 Å². The average molecular weight is 394 g/mol. The van der Waals surface area contributed by atoms with Crippen molar-refractivity contribution in [2.45, 2.75) is 25.7 Å². The normalized spacial score (nSPS) is 15.4. The van der Waals surface area contributed by atoms with Gasteiger partial charge in [0.25, 0.3) is 0 Å². The summed E-state index contributed by atoms with van der Waals surface area (Å²) in [7, 11) is 3.46. The van der Waals surface area contributed by atoms with Gasteiger partial charge in [-0.3, -0.25) is 4.99 Å². The molecule has 0 spiro atoms. The molecule has 1 aliphatic rings. The van der Waals surface area contributed by atoms with Crippen molar-refractivity contribution in [1.29, 1.82) is 0 Å². The topological polar surface area (TPSA) is 73.3 Å². The van der Waals surface area contributed by atoms with Crippen LogP contribution in [0.3, 0.4) is 0 Å². The minimum atomic E-state index is 0.637. The van der Waals surface area contributed by atoms with Gasteiger partial charge < -0.3 is 29.6 Å². The lowest BCUT2D eigenvalue weighted by atomic mass is 10.0. The van der Waals surface area contributed by atoms with Crippen LogP contribution in [0.25, 0.3) is 0 Å². The number of ether oxygens (including phenoxy) is 4. The van der Waals surface area contributed by atoms with Crippen molar-refractivity contribution in [2.75, 3.05) is 65.7 Å². The van der Waals surface area contributed by atoms with E-state index in [2.05, 4.69) is 15.6 Å². The molecule has 1 aromatic rings. The second-order valence-corrected chi connectivity index (χ2v) is 6.83. The van der Waals surface area contributed by atoms with Crippen LogP contribution in [0, 0.1) is 5.92 Å². The summed E-state index contributed by atoms with van der Waals surface area (Å²) in [4.78, 5) is 4.27. The zero-order valence-electron chi connectivity index (χ0n) is 17.2. The van der Waals surface area contributed by atoms with Crippen LogP contribution in [0.2, 0.25) is 0 Å². The van der Waals surface area contributed by atoms with E-state index in [1.807, 2.05) is 24.3 Å². The van der Waals surface area contributed by atoms with Crippen molar-refractivity contribution in [3.63, 3.8) is 0 Å². The van der Waals surface area contributed by atoms with Gasteiger partial charge in [-0.2, -0.15) is 0 Å². The summed E-state index contributed by atoms with van der Waals surface area (Å²) in [6.45, 7) is 5.49. The van der Waals surface area contributed by atoms with E-state index >= 15 is 0 Å². The molecule has 7 nitrogen and oxygen atoms in total. The van der Waals surface area contributed by atoms with Gasteiger partial charge >= 0.3 is 0 Å². The fraction of sp³-hybridized carbons (Fsp3) is 0.667. The number of hydrogen-bond donors (Lipinski definition) is 2. The van der Waals surface area contributed by atoms with Gasteiger partial charge in [0.1, 0.15) is 5.75 Å². The van der Waals surface area contributed by atoms with Crippen LogP contribution in [0.4, 0.5) is 5.69 Å². The van der Waals surface area contributed by atoms with Crippen LogP contribution in [0.1, 0.15) is 25.7 Å². The lowest BCUT2D eigenvalue weighted by Crippen LogP contribution is -2.32. The van der Waals surface area contributed by atoms with Gasteiger partial charge in [-0.25, -0.2) is 0 Å². The largest absolute Gasteiger partial charge is 0.493 e. The second-order valence-electron chi connectivity index (χ2n) is 6.83. The minimum absolute atomic E-state index is 0.637. The number of nitrogens with zero attached hydrogens (tertiary/aromatic N) is 1. The number of nitrogens with one attached hydrogen (secondary N) is 2. The Bertz CT molecular complexity index is 562. The van der Waals surface area contributed by atoms with E-state index in [1.54, 1.807) is 14.2 Å². The summed E-state index contributed by atoms with van der Waals surface area (Å²) >= 11 is 0. The number of methoxy groups -OCH3 is 1. The molecule has 0 aliphatic carbocycles. The molecule has 0 unspecified atom stereocenters. The molecule has 0 radical (unpaired) electrons. The van der Waals surface area contributed by atoms with Crippen LogP contribution in [0.5, 0.6) is 5.75 Å². The molecule has 0 bridgehead atoms. The molecular formula is C21H35N3O4. The van der Waals surface area contributed by atoms with Crippen molar-refractivity contribution >= 4 is 11.6 Å². The smallest absolute Gasteiger partial charge is 0.195 e. The molecule has 1 fully saturated rings. The zero-order valence-corrected chi connectivity index (χ0v) is 17.2. The van der Waals surface area contributed by atoms with E-state index in [4.69, 9.17) is 18.9 Å². The Kier molecular flexibility index (Phi) is 11.4. The van der Waals surface area contributed by atoms with Gasteiger partial charge in [0.2, 0.25) is 0 Å². The molecule has 0 atom stereocenters. The summed E-state index contributed by atoms with van der Waals surface area (Å²) in [5.74, 6) is 2.22. The summed E-state index contributed by atoms with van der Waals surface area (Å²) in [6.07, 6.45) is 4.04. The Morgan fingerprint density at radius 2 is 2.04 bits per heavy atom. The third-order valence-corrected chi connectivity index (χ3v) is 4.53. The van der Waals surface area contributed by atoms with Crippen LogP contribution in [0.15, 0.2) is 29.3 Å². The number of guanidine groups is 1. The number of hydrogen-bond acceptors (Lipinski definition) is 5. The van der Waals surface area contributed by atoms with Gasteiger partial charge in [0.05, 0.1) is 6.61 Å². The molecular weight excluding hydrogens is 358 g/mol. The molecule has 0 aromatic heterocycles. The summed E-state index contributed by atoms with van der Waals surface area (Å²) in [5.41, 5.74) is 0.938. The van der Waals surface area contributed by atoms with Crippen LogP contribution >= 0.6 is 0 Å². The molecule has 1 saturated heterocycles. The van der Waals surface area contributed by atoms with Crippen molar-refractivity contribution in [1.82, 2.24) is 5.32 Å². The number of anilines is 1. The Morgan fingerprint density at radius 3 is 2.82 bits per heavy atom. The standard InChI is InChI=1S/C21H35N3O4/c1-22-21(23-10-4-12-27-17-18-8-14-26-15-9-18)24-19-6-3-7-20(16-19)28-13-5-11-25-2/h3,6-7,16,18H,4-5,8-15,17H2,1-2H3,(H2,22,23,24). The van der Waals surface area contributed by atoms with E-state index in [0.29, 0.717) is 19.1 Å². The van der Waals surface area contributed by atoms with E-state index in [9.17, 15) is 0 Å². The van der Waals surface area contributed by atoms with Crippen molar-refractivity contribution in [2.24, 2.45) is 10.9 Å². The maximum atomic E-state index is 5.80. The molecule has 1 aliphatic heterocycles. The first kappa shape index (κ1) is 22.5. The van der Waals surface area contributed by atoms with E-state index in [1.165, 1.54) is 0 Å². The molecule has 7 heteroatoms. The summed E-state index contributed by atoms with van der Waals surface area (Å²) < 4.78 is 21.9. The third-order valence-electron chi connectivity index (χ3n) is 4.53. The third kappa shape index (κ3) is 9.39. The quantitative estimate of drug-likeness (QED) is 0.323. The Balaban J connectivity index is 1.61. The molecule has 1 aromatic carbocycles. The van der Waals surface area contributed by atoms with Crippen molar-refractivity contribution in [3.8, 4) is 5.75 Å². The highest BCUT2D eigenvalue weighted by Crippen LogP contribution is 2.17. The monoisotopic (exact) mass is 393 g/mol. The van der Waals surface area contributed by atoms with Gasteiger partial charge in [0, 0.05) is 71.9 Å². The fourth-order valence-corrected chi connectivity index (χ4v) is 2.92. The van der Waals surface area contributed by atoms with E-state index in [-0.39, 0.29) is 0 Å². The molecule has 0 amide bonds.